The fourth-order valence-electron chi connectivity index (χ4n) is 2.00. The summed E-state index contributed by atoms with van der Waals surface area (Å²) in [4.78, 5) is 36.7. The summed E-state index contributed by atoms with van der Waals surface area (Å²) in [5.74, 6) is -0.489. The van der Waals surface area contributed by atoms with Crippen LogP contribution in [0.3, 0.4) is 0 Å². The molecule has 0 heterocycles. The van der Waals surface area contributed by atoms with Gasteiger partial charge in [0.15, 0.2) is 12.1 Å². The lowest BCUT2D eigenvalue weighted by Gasteiger charge is -2.17. The second-order valence-electron chi connectivity index (χ2n) is 4.66. The molecule has 0 radical (unpaired) electrons. The molecular weight excluding hydrogens is 266 g/mol. The summed E-state index contributed by atoms with van der Waals surface area (Å²) in [6.45, 7) is -0.0317. The van der Waals surface area contributed by atoms with Gasteiger partial charge in [-0.05, 0) is 6.07 Å². The van der Waals surface area contributed by atoms with Crippen molar-refractivity contribution in [3.63, 3.8) is 0 Å². The predicted molar refractivity (Wildman–Crippen MR) is 79.6 cm³/mol. The first-order valence-corrected chi connectivity index (χ1v) is 6.51. The van der Waals surface area contributed by atoms with Gasteiger partial charge in [0, 0.05) is 18.2 Å². The highest BCUT2D eigenvalue weighted by atomic mass is 16.2. The highest BCUT2D eigenvalue weighted by Gasteiger charge is 2.18. The summed E-state index contributed by atoms with van der Waals surface area (Å²) in [7, 11) is 1.55. The third-order valence-corrected chi connectivity index (χ3v) is 3.14. The smallest absolute Gasteiger partial charge is 0.254 e. The molecule has 0 saturated heterocycles. The quantitative estimate of drug-likeness (QED) is 0.625. The van der Waals surface area contributed by atoms with Crippen molar-refractivity contribution in [2.75, 3.05) is 13.6 Å². The number of carbonyl (C=O) groups excluding carboxylic acids is 3. The van der Waals surface area contributed by atoms with Crippen molar-refractivity contribution in [2.24, 2.45) is 0 Å². The van der Waals surface area contributed by atoms with Crippen molar-refractivity contribution in [2.45, 2.75) is 0 Å². The molecule has 106 valence electrons. The van der Waals surface area contributed by atoms with Crippen LogP contribution < -0.4 is 0 Å². The number of benzene rings is 2. The Morgan fingerprint density at radius 2 is 1.62 bits per heavy atom. The van der Waals surface area contributed by atoms with E-state index in [1.54, 1.807) is 55.6 Å². The van der Waals surface area contributed by atoms with E-state index in [0.717, 1.165) is 0 Å². The Labute approximate surface area is 123 Å². The van der Waals surface area contributed by atoms with Gasteiger partial charge >= 0.3 is 0 Å². The van der Waals surface area contributed by atoms with Gasteiger partial charge in [0.2, 0.25) is 0 Å². The van der Waals surface area contributed by atoms with Crippen LogP contribution in [0.15, 0.2) is 54.6 Å². The van der Waals surface area contributed by atoms with Gasteiger partial charge in [-0.15, -0.1) is 0 Å². The summed E-state index contributed by atoms with van der Waals surface area (Å²) < 4.78 is 0. The van der Waals surface area contributed by atoms with Crippen LogP contribution in [0.1, 0.15) is 31.1 Å². The number of hydrogen-bond donors (Lipinski definition) is 0. The Bertz CT molecular complexity index is 665. The normalized spacial score (nSPS) is 9.95. The predicted octanol–water partition coefficient (Wildman–Crippen LogP) is 2.45. The summed E-state index contributed by atoms with van der Waals surface area (Å²) >= 11 is 0. The number of rotatable bonds is 5. The molecule has 0 spiro atoms. The minimum absolute atomic E-state index is 0.0317. The van der Waals surface area contributed by atoms with Gasteiger partial charge < -0.3 is 4.90 Å². The summed E-state index contributed by atoms with van der Waals surface area (Å²) in [6, 6.07) is 15.3. The van der Waals surface area contributed by atoms with Crippen LogP contribution in [-0.2, 0) is 0 Å². The van der Waals surface area contributed by atoms with Crippen LogP contribution in [0.5, 0.6) is 0 Å². The van der Waals surface area contributed by atoms with E-state index in [9.17, 15) is 14.4 Å². The molecule has 2 rings (SSSR count). The highest BCUT2D eigenvalue weighted by molar-refractivity contribution is 6.04. The van der Waals surface area contributed by atoms with Gasteiger partial charge in [0.25, 0.3) is 5.91 Å². The molecular formula is C17H15NO3. The molecule has 21 heavy (non-hydrogen) atoms. The fourth-order valence-corrected chi connectivity index (χ4v) is 2.00. The minimum atomic E-state index is -0.345. The number of nitrogens with zero attached hydrogens (tertiary/aromatic N) is 1. The van der Waals surface area contributed by atoms with Gasteiger partial charge in [-0.3, -0.25) is 14.4 Å². The van der Waals surface area contributed by atoms with E-state index in [2.05, 4.69) is 0 Å². The number of aldehydes is 1. The zero-order valence-corrected chi connectivity index (χ0v) is 11.7. The molecule has 0 atom stereocenters. The van der Waals surface area contributed by atoms with Crippen molar-refractivity contribution < 1.29 is 14.4 Å². The molecule has 1 amide bonds. The zero-order chi connectivity index (χ0) is 15.2. The number of carbonyl (C=O) groups is 3. The van der Waals surface area contributed by atoms with E-state index in [-0.39, 0.29) is 18.2 Å². The Morgan fingerprint density at radius 1 is 1.00 bits per heavy atom. The summed E-state index contributed by atoms with van der Waals surface area (Å²) in [6.07, 6.45) is 0.639. The molecule has 0 fully saturated rings. The van der Waals surface area contributed by atoms with Gasteiger partial charge in [0.1, 0.15) is 0 Å². The average molecular weight is 281 g/mol. The first kappa shape index (κ1) is 14.7. The molecule has 0 bridgehead atoms. The standard InChI is InChI=1S/C17H15NO3/c1-18(11-16(20)13-7-3-2-4-8-13)17(21)15-10-6-5-9-14(15)12-19/h2-10,12H,11H2,1H3. The van der Waals surface area contributed by atoms with Crippen molar-refractivity contribution >= 4 is 18.0 Å². The molecule has 0 N–H and O–H groups in total. The molecule has 2 aromatic carbocycles. The zero-order valence-electron chi connectivity index (χ0n) is 11.7. The van der Waals surface area contributed by atoms with Crippen molar-refractivity contribution in [1.29, 1.82) is 0 Å². The van der Waals surface area contributed by atoms with E-state index in [4.69, 9.17) is 0 Å². The topological polar surface area (TPSA) is 54.5 Å². The summed E-state index contributed by atoms with van der Waals surface area (Å²) in [5.41, 5.74) is 1.18. The molecule has 4 heteroatoms. The van der Waals surface area contributed by atoms with Gasteiger partial charge in [-0.1, -0.05) is 48.5 Å². The van der Waals surface area contributed by atoms with Crippen LogP contribution in [-0.4, -0.2) is 36.5 Å². The van der Waals surface area contributed by atoms with Crippen molar-refractivity contribution in [1.82, 2.24) is 4.90 Å². The van der Waals surface area contributed by atoms with Crippen LogP contribution in [0.4, 0.5) is 0 Å². The van der Waals surface area contributed by atoms with E-state index >= 15 is 0 Å². The lowest BCUT2D eigenvalue weighted by Crippen LogP contribution is -2.32. The van der Waals surface area contributed by atoms with Gasteiger partial charge in [-0.2, -0.15) is 0 Å². The van der Waals surface area contributed by atoms with Crippen LogP contribution in [0.2, 0.25) is 0 Å². The maximum Gasteiger partial charge on any atom is 0.254 e. The molecule has 0 aliphatic heterocycles. The van der Waals surface area contributed by atoms with E-state index < -0.39 is 0 Å². The molecule has 0 aliphatic carbocycles. The van der Waals surface area contributed by atoms with Gasteiger partial charge in [-0.25, -0.2) is 0 Å². The maximum absolute atomic E-state index is 12.3. The number of likely N-dealkylation sites (N-methyl/N-ethyl adjacent to an activating group) is 1. The van der Waals surface area contributed by atoms with Gasteiger partial charge in [0.05, 0.1) is 12.1 Å². The monoisotopic (exact) mass is 281 g/mol. The number of hydrogen-bond acceptors (Lipinski definition) is 3. The summed E-state index contributed by atoms with van der Waals surface area (Å²) in [5, 5.41) is 0. The van der Waals surface area contributed by atoms with Crippen LogP contribution in [0.25, 0.3) is 0 Å². The first-order chi connectivity index (χ1) is 10.1. The maximum atomic E-state index is 12.3. The van der Waals surface area contributed by atoms with E-state index in [1.807, 2.05) is 6.07 Å². The molecule has 0 aliphatic rings. The third kappa shape index (κ3) is 3.42. The van der Waals surface area contributed by atoms with Crippen LogP contribution >= 0.6 is 0 Å². The average Bonchev–Trinajstić information content (AvgIpc) is 2.54. The highest BCUT2D eigenvalue weighted by Crippen LogP contribution is 2.10. The van der Waals surface area contributed by atoms with Crippen LogP contribution in [0, 0.1) is 0 Å². The number of Topliss-reactive ketones (excluding diaryl/α,β-unsaturated/α-hetero) is 1. The Hall–Kier alpha value is -2.75. The Morgan fingerprint density at radius 3 is 2.29 bits per heavy atom. The minimum Gasteiger partial charge on any atom is -0.334 e. The Kier molecular flexibility index (Phi) is 4.61. The van der Waals surface area contributed by atoms with E-state index in [1.165, 1.54) is 4.90 Å². The lowest BCUT2D eigenvalue weighted by molar-refractivity contribution is 0.0746. The van der Waals surface area contributed by atoms with Crippen molar-refractivity contribution in [3.8, 4) is 0 Å². The third-order valence-electron chi connectivity index (χ3n) is 3.14. The molecule has 0 saturated carbocycles. The number of amides is 1. The number of ketones is 1. The van der Waals surface area contributed by atoms with E-state index in [0.29, 0.717) is 23.0 Å². The molecule has 4 nitrogen and oxygen atoms in total. The van der Waals surface area contributed by atoms with Crippen molar-refractivity contribution in [3.05, 3.63) is 71.3 Å². The molecule has 0 unspecified atom stereocenters. The second-order valence-corrected chi connectivity index (χ2v) is 4.66. The second kappa shape index (κ2) is 6.61. The lowest BCUT2D eigenvalue weighted by atomic mass is 10.1. The molecule has 2 aromatic rings. The first-order valence-electron chi connectivity index (χ1n) is 6.51. The molecule has 0 aromatic heterocycles. The fraction of sp³-hybridized carbons (Fsp3) is 0.118. The Balaban J connectivity index is 2.13. The SMILES string of the molecule is CN(CC(=O)c1ccccc1)C(=O)c1ccccc1C=O. The largest absolute Gasteiger partial charge is 0.334 e.